The fourth-order valence-corrected chi connectivity index (χ4v) is 12.2. The van der Waals surface area contributed by atoms with Gasteiger partial charge in [0.05, 0.1) is 129 Å². The van der Waals surface area contributed by atoms with Crippen LogP contribution in [0.4, 0.5) is 0 Å². The molecule has 0 aromatic carbocycles. The van der Waals surface area contributed by atoms with Gasteiger partial charge in [0.25, 0.3) is 0 Å². The van der Waals surface area contributed by atoms with Gasteiger partial charge in [-0.2, -0.15) is 0 Å². The summed E-state index contributed by atoms with van der Waals surface area (Å²) in [6, 6.07) is 0. The van der Waals surface area contributed by atoms with Crippen LogP contribution in [-0.2, 0) is 42.6 Å². The van der Waals surface area contributed by atoms with E-state index < -0.39 is 61.0 Å². The molecular formula is C60H116N6O15. The lowest BCUT2D eigenvalue weighted by Crippen LogP contribution is -2.41. The lowest BCUT2D eigenvalue weighted by atomic mass is 10.1. The second-order valence-corrected chi connectivity index (χ2v) is 24.6. The van der Waals surface area contributed by atoms with Gasteiger partial charge in [-0.25, -0.2) is 0 Å². The molecule has 0 aromatic heterocycles. The van der Waals surface area contributed by atoms with Gasteiger partial charge >= 0.3 is 0 Å². The normalized spacial score (nSPS) is 24.1. The largest absolute Gasteiger partial charge is 0.389 e. The molecule has 6 saturated heterocycles. The number of ether oxygens (including phenoxy) is 9. The van der Waals surface area contributed by atoms with E-state index in [-0.39, 0.29) is 92.5 Å². The summed E-state index contributed by atoms with van der Waals surface area (Å²) in [6.45, 7) is 16.7. The van der Waals surface area contributed by atoms with E-state index in [1.165, 1.54) is 38.5 Å². The highest BCUT2D eigenvalue weighted by atomic mass is 16.6. The Morgan fingerprint density at radius 3 is 0.519 bits per heavy atom. The standard InChI is InChI=1S/C60H116N6O15/c67-51(31-61-19-7-1-8-20-61)37-73-43-57(78-39-53(69)33-63-23-11-3-12-24-63)45-75-47-59(80-41-55(71)35-65-27-15-5-16-28-65)49-77-50-60(81-42-56(72)36-66-29-17-6-18-30-66)48-76-46-58(79-40-54(70)34-64-25-13-4-14-26-64)44-74-38-52(68)32-62-21-9-2-10-22-62/h51-60,67-72H,1-50H2. The summed E-state index contributed by atoms with van der Waals surface area (Å²) in [5.41, 5.74) is 0. The highest BCUT2D eigenvalue weighted by Gasteiger charge is 2.26. The fraction of sp³-hybridized carbons (Fsp3) is 1.00. The van der Waals surface area contributed by atoms with Crippen molar-refractivity contribution in [2.75, 3.05) is 210 Å². The zero-order valence-corrected chi connectivity index (χ0v) is 50.2. The molecular weight excluding hydrogens is 1040 g/mol. The maximum absolute atomic E-state index is 11.2. The van der Waals surface area contributed by atoms with Crippen molar-refractivity contribution in [3.05, 3.63) is 0 Å². The third-order valence-electron chi connectivity index (χ3n) is 16.7. The second kappa shape index (κ2) is 42.9. The minimum Gasteiger partial charge on any atom is -0.389 e. The molecule has 0 aromatic rings. The maximum Gasteiger partial charge on any atom is 0.104 e. The summed E-state index contributed by atoms with van der Waals surface area (Å²) in [4.78, 5) is 13.7. The molecule has 6 fully saturated rings. The van der Waals surface area contributed by atoms with E-state index in [1.54, 1.807) is 0 Å². The fourth-order valence-electron chi connectivity index (χ4n) is 12.2. The van der Waals surface area contributed by atoms with Crippen LogP contribution in [0.1, 0.15) is 116 Å². The van der Waals surface area contributed by atoms with Gasteiger partial charge in [-0.3, -0.25) is 0 Å². The minimum atomic E-state index is -0.707. The Bertz CT molecular complexity index is 1390. The van der Waals surface area contributed by atoms with Gasteiger partial charge in [-0.05, 0) is 156 Å². The Morgan fingerprint density at radius 2 is 0.346 bits per heavy atom. The van der Waals surface area contributed by atoms with Crippen molar-refractivity contribution in [2.45, 2.75) is 177 Å². The van der Waals surface area contributed by atoms with Crippen molar-refractivity contribution in [1.82, 2.24) is 29.4 Å². The molecule has 0 aliphatic carbocycles. The molecule has 0 radical (unpaired) electrons. The highest BCUT2D eigenvalue weighted by molar-refractivity contribution is 4.76. The SMILES string of the molecule is OC(COCC(COCC(COCC(COCC(COCC(O)CN1CCCCC1)OCC(O)CN1CCCCC1)OCC(O)CN1CCCCC1)OCC(O)CN1CCCCC1)OCC(O)CN1CCCCC1)CN1CCCCC1. The van der Waals surface area contributed by atoms with E-state index in [0.717, 1.165) is 156 Å². The van der Waals surface area contributed by atoms with Crippen LogP contribution < -0.4 is 0 Å². The quantitative estimate of drug-likeness (QED) is 0.0511. The molecule has 476 valence electrons. The maximum atomic E-state index is 11.2. The summed E-state index contributed by atoms with van der Waals surface area (Å²) >= 11 is 0. The molecule has 6 rings (SSSR count). The molecule has 6 aliphatic heterocycles. The number of aliphatic hydroxyl groups is 6. The van der Waals surface area contributed by atoms with E-state index in [1.807, 2.05) is 0 Å². The topological polar surface area (TPSA) is 224 Å². The van der Waals surface area contributed by atoms with Crippen LogP contribution in [0.25, 0.3) is 0 Å². The van der Waals surface area contributed by atoms with Crippen molar-refractivity contribution < 1.29 is 73.3 Å². The third-order valence-corrected chi connectivity index (χ3v) is 16.7. The average molecular weight is 1160 g/mol. The number of β-amino-alcohol motifs (C(OH)–C–C–N with tert-alkyl or cyclic N) is 6. The molecule has 6 heterocycles. The first-order chi connectivity index (χ1) is 39.6. The molecule has 6 N–H and O–H groups in total. The van der Waals surface area contributed by atoms with Gasteiger partial charge in [0, 0.05) is 39.3 Å². The molecule has 0 amide bonds. The molecule has 10 atom stereocenters. The third kappa shape index (κ3) is 32.1. The van der Waals surface area contributed by atoms with Crippen LogP contribution in [0.3, 0.4) is 0 Å². The van der Waals surface area contributed by atoms with E-state index in [4.69, 9.17) is 42.6 Å². The summed E-state index contributed by atoms with van der Waals surface area (Å²) in [5, 5.41) is 66.2. The second-order valence-electron chi connectivity index (χ2n) is 24.6. The van der Waals surface area contributed by atoms with Crippen molar-refractivity contribution in [3.8, 4) is 0 Å². The molecule has 0 saturated carbocycles. The zero-order chi connectivity index (χ0) is 57.0. The smallest absolute Gasteiger partial charge is 0.104 e. The number of hydrogen-bond donors (Lipinski definition) is 6. The first-order valence-corrected chi connectivity index (χ1v) is 32.4. The summed E-state index contributed by atoms with van der Waals surface area (Å²) in [5.74, 6) is 0. The summed E-state index contributed by atoms with van der Waals surface area (Å²) in [7, 11) is 0. The molecule has 0 bridgehead atoms. The Balaban J connectivity index is 1.05. The first kappa shape index (κ1) is 69.3. The lowest BCUT2D eigenvalue weighted by molar-refractivity contribution is -0.134. The van der Waals surface area contributed by atoms with Gasteiger partial charge in [0.2, 0.25) is 0 Å². The van der Waals surface area contributed by atoms with Gasteiger partial charge in [-0.15, -0.1) is 0 Å². The van der Waals surface area contributed by atoms with Gasteiger partial charge in [0.15, 0.2) is 0 Å². The predicted octanol–water partition coefficient (Wildman–Crippen LogP) is 1.69. The Hall–Kier alpha value is -0.840. The predicted molar refractivity (Wildman–Crippen MR) is 311 cm³/mol. The monoisotopic (exact) mass is 1160 g/mol. The van der Waals surface area contributed by atoms with Gasteiger partial charge in [-0.1, -0.05) is 38.5 Å². The van der Waals surface area contributed by atoms with Crippen LogP contribution in [0.2, 0.25) is 0 Å². The van der Waals surface area contributed by atoms with Crippen LogP contribution >= 0.6 is 0 Å². The molecule has 10 unspecified atom stereocenters. The number of piperidine rings is 6. The van der Waals surface area contributed by atoms with Crippen molar-refractivity contribution in [3.63, 3.8) is 0 Å². The lowest BCUT2D eigenvalue weighted by Gasteiger charge is -2.30. The minimum absolute atomic E-state index is 0.0890. The van der Waals surface area contributed by atoms with Crippen LogP contribution in [0.5, 0.6) is 0 Å². The highest BCUT2D eigenvalue weighted by Crippen LogP contribution is 2.16. The van der Waals surface area contributed by atoms with E-state index in [2.05, 4.69) is 29.4 Å². The molecule has 21 nitrogen and oxygen atoms in total. The average Bonchev–Trinajstić information content (AvgIpc) is 3.47. The number of aliphatic hydroxyl groups excluding tert-OH is 6. The van der Waals surface area contributed by atoms with Crippen LogP contribution in [-0.4, -0.2) is 331 Å². The van der Waals surface area contributed by atoms with Crippen molar-refractivity contribution in [2.24, 2.45) is 0 Å². The number of likely N-dealkylation sites (tertiary alicyclic amines) is 6. The van der Waals surface area contributed by atoms with Crippen molar-refractivity contribution >= 4 is 0 Å². The van der Waals surface area contributed by atoms with Gasteiger partial charge < -0.3 is 103 Å². The van der Waals surface area contributed by atoms with Gasteiger partial charge in [0.1, 0.15) is 24.4 Å². The Morgan fingerprint density at radius 1 is 0.198 bits per heavy atom. The van der Waals surface area contributed by atoms with E-state index in [0.29, 0.717) is 39.3 Å². The molecule has 81 heavy (non-hydrogen) atoms. The van der Waals surface area contributed by atoms with Crippen LogP contribution in [0.15, 0.2) is 0 Å². The number of hydrogen-bond acceptors (Lipinski definition) is 21. The number of nitrogens with zero attached hydrogens (tertiary/aromatic N) is 6. The van der Waals surface area contributed by atoms with E-state index in [9.17, 15) is 30.6 Å². The molecule has 21 heteroatoms. The molecule has 0 spiro atoms. The summed E-state index contributed by atoms with van der Waals surface area (Å²) in [6.07, 6.45) is 14.6. The first-order valence-electron chi connectivity index (χ1n) is 32.4. The molecule has 6 aliphatic rings. The van der Waals surface area contributed by atoms with E-state index >= 15 is 0 Å². The Kier molecular flexibility index (Phi) is 36.7. The summed E-state index contributed by atoms with van der Waals surface area (Å²) < 4.78 is 56.6. The zero-order valence-electron chi connectivity index (χ0n) is 50.2. The van der Waals surface area contributed by atoms with Crippen molar-refractivity contribution in [1.29, 1.82) is 0 Å². The van der Waals surface area contributed by atoms with Crippen LogP contribution in [0, 0.1) is 0 Å². The number of rotatable bonds is 44. The Labute approximate surface area is 488 Å².